The van der Waals surface area contributed by atoms with Crippen LogP contribution in [-0.4, -0.2) is 34.6 Å². The molecule has 2 N–H and O–H groups in total. The lowest BCUT2D eigenvalue weighted by Gasteiger charge is -2.13. The Balaban J connectivity index is 2.26. The molecule has 1 aromatic heterocycles. The average molecular weight is 238 g/mol. The predicted octanol–water partition coefficient (Wildman–Crippen LogP) is 0.681. The van der Waals surface area contributed by atoms with E-state index >= 15 is 0 Å². The first kappa shape index (κ1) is 12.0. The van der Waals surface area contributed by atoms with Crippen molar-refractivity contribution in [2.75, 3.05) is 13.7 Å². The Labute approximate surface area is 100 Å². The first-order chi connectivity index (χ1) is 8.24. The first-order valence-electron chi connectivity index (χ1n) is 5.97. The van der Waals surface area contributed by atoms with Crippen molar-refractivity contribution in [3.8, 4) is 0 Å². The highest BCUT2D eigenvalue weighted by atomic mass is 16.5. The molecule has 1 amide bonds. The fourth-order valence-corrected chi connectivity index (χ4v) is 2.38. The number of carbonyl (C=O) groups is 1. The van der Waals surface area contributed by atoms with Gasteiger partial charge in [0.2, 0.25) is 0 Å². The summed E-state index contributed by atoms with van der Waals surface area (Å²) in [5.41, 5.74) is 6.40. The van der Waals surface area contributed by atoms with Gasteiger partial charge in [0, 0.05) is 13.5 Å². The van der Waals surface area contributed by atoms with E-state index in [4.69, 9.17) is 10.5 Å². The van der Waals surface area contributed by atoms with Crippen LogP contribution in [0.4, 0.5) is 0 Å². The Kier molecular flexibility index (Phi) is 3.73. The summed E-state index contributed by atoms with van der Waals surface area (Å²) >= 11 is 0. The number of rotatable bonds is 5. The number of primary amides is 1. The van der Waals surface area contributed by atoms with Crippen LogP contribution in [0.15, 0.2) is 0 Å². The lowest BCUT2D eigenvalue weighted by molar-refractivity contribution is 0.0994. The highest BCUT2D eigenvalue weighted by molar-refractivity contribution is 5.91. The standard InChI is InChI=1S/C11H18N4O2/c1-17-7-6-9-10(11(12)16)13-14-15(9)8-4-2-3-5-8/h8H,2-7H2,1H3,(H2,12,16). The van der Waals surface area contributed by atoms with Gasteiger partial charge in [-0.05, 0) is 12.8 Å². The molecule has 0 saturated heterocycles. The third-order valence-electron chi connectivity index (χ3n) is 3.24. The molecule has 1 saturated carbocycles. The van der Waals surface area contributed by atoms with Gasteiger partial charge < -0.3 is 10.5 Å². The summed E-state index contributed by atoms with van der Waals surface area (Å²) in [6.07, 6.45) is 5.24. The molecule has 6 nitrogen and oxygen atoms in total. The van der Waals surface area contributed by atoms with E-state index in [0.29, 0.717) is 19.1 Å². The Hall–Kier alpha value is -1.43. The summed E-state index contributed by atoms with van der Waals surface area (Å²) in [6.45, 7) is 0.542. The number of carbonyl (C=O) groups excluding carboxylic acids is 1. The van der Waals surface area contributed by atoms with Gasteiger partial charge in [0.05, 0.1) is 18.3 Å². The first-order valence-corrected chi connectivity index (χ1v) is 5.97. The molecule has 0 bridgehead atoms. The SMILES string of the molecule is COCCc1c(C(N)=O)nnn1C1CCCC1. The average Bonchev–Trinajstić information content (AvgIpc) is 2.94. The molecular weight excluding hydrogens is 220 g/mol. The van der Waals surface area contributed by atoms with Crippen molar-refractivity contribution in [2.24, 2.45) is 5.73 Å². The van der Waals surface area contributed by atoms with E-state index in [2.05, 4.69) is 10.3 Å². The number of hydrogen-bond donors (Lipinski definition) is 1. The summed E-state index contributed by atoms with van der Waals surface area (Å²) < 4.78 is 6.91. The minimum Gasteiger partial charge on any atom is -0.384 e. The van der Waals surface area contributed by atoms with Gasteiger partial charge in [-0.15, -0.1) is 5.10 Å². The maximum atomic E-state index is 11.3. The summed E-state index contributed by atoms with van der Waals surface area (Å²) in [4.78, 5) is 11.3. The Bertz CT molecular complexity index is 396. The van der Waals surface area contributed by atoms with Crippen molar-refractivity contribution in [3.05, 3.63) is 11.4 Å². The molecule has 17 heavy (non-hydrogen) atoms. The van der Waals surface area contributed by atoms with Crippen LogP contribution >= 0.6 is 0 Å². The maximum absolute atomic E-state index is 11.3. The van der Waals surface area contributed by atoms with Crippen molar-refractivity contribution < 1.29 is 9.53 Å². The molecule has 2 rings (SSSR count). The van der Waals surface area contributed by atoms with Gasteiger partial charge in [0.1, 0.15) is 0 Å². The van der Waals surface area contributed by atoms with E-state index in [-0.39, 0.29) is 5.69 Å². The molecule has 0 aromatic carbocycles. The molecule has 0 radical (unpaired) electrons. The molecule has 0 aliphatic heterocycles. The topological polar surface area (TPSA) is 83.0 Å². The second-order valence-corrected chi connectivity index (χ2v) is 4.37. The maximum Gasteiger partial charge on any atom is 0.271 e. The molecule has 0 atom stereocenters. The zero-order chi connectivity index (χ0) is 12.3. The molecule has 0 spiro atoms. The number of aromatic nitrogens is 3. The van der Waals surface area contributed by atoms with E-state index in [1.165, 1.54) is 12.8 Å². The van der Waals surface area contributed by atoms with E-state index in [1.807, 2.05) is 4.68 Å². The molecule has 94 valence electrons. The summed E-state index contributed by atoms with van der Waals surface area (Å²) in [5.74, 6) is -0.514. The van der Waals surface area contributed by atoms with Gasteiger partial charge in [-0.3, -0.25) is 4.79 Å². The second-order valence-electron chi connectivity index (χ2n) is 4.37. The molecule has 6 heteroatoms. The lowest BCUT2D eigenvalue weighted by atomic mass is 10.2. The summed E-state index contributed by atoms with van der Waals surface area (Å²) in [7, 11) is 1.63. The fourth-order valence-electron chi connectivity index (χ4n) is 2.38. The van der Waals surface area contributed by atoms with E-state index in [9.17, 15) is 4.79 Å². The number of ether oxygens (including phenoxy) is 1. The second kappa shape index (κ2) is 5.27. The van der Waals surface area contributed by atoms with Crippen LogP contribution in [0.3, 0.4) is 0 Å². The van der Waals surface area contributed by atoms with Gasteiger partial charge in [0.25, 0.3) is 5.91 Å². The third kappa shape index (κ3) is 2.46. The van der Waals surface area contributed by atoms with E-state index in [1.54, 1.807) is 7.11 Å². The minimum absolute atomic E-state index is 0.286. The highest BCUT2D eigenvalue weighted by Crippen LogP contribution is 2.30. The predicted molar refractivity (Wildman–Crippen MR) is 61.6 cm³/mol. The largest absolute Gasteiger partial charge is 0.384 e. The molecule has 1 aliphatic carbocycles. The molecule has 1 heterocycles. The van der Waals surface area contributed by atoms with Crippen LogP contribution < -0.4 is 5.73 Å². The Morgan fingerprint density at radius 3 is 2.82 bits per heavy atom. The molecule has 1 aromatic rings. The third-order valence-corrected chi connectivity index (χ3v) is 3.24. The van der Waals surface area contributed by atoms with Gasteiger partial charge >= 0.3 is 0 Å². The lowest BCUT2D eigenvalue weighted by Crippen LogP contribution is -2.18. The van der Waals surface area contributed by atoms with Crippen molar-refractivity contribution in [3.63, 3.8) is 0 Å². The number of hydrogen-bond acceptors (Lipinski definition) is 4. The van der Waals surface area contributed by atoms with Crippen molar-refractivity contribution >= 4 is 5.91 Å². The zero-order valence-electron chi connectivity index (χ0n) is 10.1. The normalized spacial score (nSPS) is 16.5. The van der Waals surface area contributed by atoms with Crippen LogP contribution in [0.2, 0.25) is 0 Å². The smallest absolute Gasteiger partial charge is 0.271 e. The summed E-state index contributed by atoms with van der Waals surface area (Å²) in [6, 6.07) is 0.363. The van der Waals surface area contributed by atoms with E-state index in [0.717, 1.165) is 18.5 Å². The number of nitrogens with two attached hydrogens (primary N) is 1. The Morgan fingerprint density at radius 1 is 1.53 bits per heavy atom. The van der Waals surface area contributed by atoms with Gasteiger partial charge in [-0.2, -0.15) is 0 Å². The zero-order valence-corrected chi connectivity index (χ0v) is 10.1. The molecule has 0 unspecified atom stereocenters. The van der Waals surface area contributed by atoms with Crippen LogP contribution in [0.5, 0.6) is 0 Å². The van der Waals surface area contributed by atoms with Crippen LogP contribution in [0.1, 0.15) is 47.9 Å². The van der Waals surface area contributed by atoms with Crippen molar-refractivity contribution in [2.45, 2.75) is 38.1 Å². The monoisotopic (exact) mass is 238 g/mol. The van der Waals surface area contributed by atoms with Crippen LogP contribution in [-0.2, 0) is 11.2 Å². The summed E-state index contributed by atoms with van der Waals surface area (Å²) in [5, 5.41) is 7.98. The number of methoxy groups -OCH3 is 1. The number of nitrogens with zero attached hydrogens (tertiary/aromatic N) is 3. The van der Waals surface area contributed by atoms with Crippen molar-refractivity contribution in [1.82, 2.24) is 15.0 Å². The Morgan fingerprint density at radius 2 is 2.24 bits per heavy atom. The molecule has 1 aliphatic rings. The van der Waals surface area contributed by atoms with Crippen molar-refractivity contribution in [1.29, 1.82) is 0 Å². The highest BCUT2D eigenvalue weighted by Gasteiger charge is 2.24. The van der Waals surface area contributed by atoms with Gasteiger partial charge in [0.15, 0.2) is 5.69 Å². The van der Waals surface area contributed by atoms with Crippen LogP contribution in [0.25, 0.3) is 0 Å². The minimum atomic E-state index is -0.514. The van der Waals surface area contributed by atoms with Gasteiger partial charge in [-0.25, -0.2) is 4.68 Å². The molecule has 1 fully saturated rings. The number of amides is 1. The van der Waals surface area contributed by atoms with Gasteiger partial charge in [-0.1, -0.05) is 18.1 Å². The molecular formula is C11H18N4O2. The van der Waals surface area contributed by atoms with Crippen LogP contribution in [0, 0.1) is 0 Å². The fraction of sp³-hybridized carbons (Fsp3) is 0.727. The van der Waals surface area contributed by atoms with E-state index < -0.39 is 5.91 Å². The quantitative estimate of drug-likeness (QED) is 0.817.